The summed E-state index contributed by atoms with van der Waals surface area (Å²) in [7, 11) is 1.60. The lowest BCUT2D eigenvalue weighted by molar-refractivity contribution is -0.145. The van der Waals surface area contributed by atoms with Crippen LogP contribution >= 0.6 is 11.3 Å². The highest BCUT2D eigenvalue weighted by Crippen LogP contribution is 2.45. The van der Waals surface area contributed by atoms with Gasteiger partial charge in [-0.25, -0.2) is 14.8 Å². The summed E-state index contributed by atoms with van der Waals surface area (Å²) in [5, 5.41) is 19.7. The van der Waals surface area contributed by atoms with Gasteiger partial charge in [0.15, 0.2) is 5.13 Å². The number of aliphatic carboxylic acids is 1. The molecule has 1 saturated carbocycles. The number of rotatable bonds is 7. The molecule has 0 bridgehead atoms. The van der Waals surface area contributed by atoms with Gasteiger partial charge in [-0.05, 0) is 51.7 Å². The van der Waals surface area contributed by atoms with Crippen molar-refractivity contribution in [3.63, 3.8) is 0 Å². The molecule has 2 aliphatic heterocycles. The summed E-state index contributed by atoms with van der Waals surface area (Å²) in [5.41, 5.74) is 0.647. The average Bonchev–Trinajstić information content (AvgIpc) is 3.32. The number of carbonyl (C=O) groups is 3. The zero-order valence-electron chi connectivity index (χ0n) is 26.5. The number of carboxylic acid groups (broad SMARTS) is 1. The Morgan fingerprint density at radius 1 is 1.15 bits per heavy atom. The van der Waals surface area contributed by atoms with Gasteiger partial charge in [-0.15, -0.1) is 11.3 Å². The van der Waals surface area contributed by atoms with Gasteiger partial charge in [-0.1, -0.05) is 25.0 Å². The number of carboxylic acids is 1. The highest BCUT2D eigenvalue weighted by Gasteiger charge is 2.61. The average molecular weight is 648 g/mol. The third kappa shape index (κ3) is 6.67. The number of hydrogen-bond acceptors (Lipinski definition) is 9. The number of pyridine rings is 1. The van der Waals surface area contributed by atoms with E-state index in [2.05, 4.69) is 24.5 Å². The van der Waals surface area contributed by atoms with Gasteiger partial charge >= 0.3 is 5.97 Å². The summed E-state index contributed by atoms with van der Waals surface area (Å²) in [4.78, 5) is 50.7. The Morgan fingerprint density at radius 2 is 1.98 bits per heavy atom. The minimum Gasteiger partial charge on any atom is -0.497 e. The van der Waals surface area contributed by atoms with E-state index in [0.29, 0.717) is 41.2 Å². The Morgan fingerprint density at radius 3 is 2.76 bits per heavy atom. The molecular formula is C34H41N5O6S. The highest BCUT2D eigenvalue weighted by molar-refractivity contribution is 7.14. The number of nitrogens with one attached hydrogen (secondary N) is 2. The summed E-state index contributed by atoms with van der Waals surface area (Å²) in [6, 6.07) is 6.81. The fourth-order valence-corrected chi connectivity index (χ4v) is 7.24. The van der Waals surface area contributed by atoms with E-state index in [1.54, 1.807) is 12.0 Å². The molecule has 0 radical (unpaired) electrons. The molecule has 0 spiro atoms. The molecule has 2 amide bonds. The number of hydrogen-bond donors (Lipinski definition) is 3. The summed E-state index contributed by atoms with van der Waals surface area (Å²) in [6.45, 7) is 4.32. The molecule has 1 aromatic carbocycles. The third-order valence-corrected chi connectivity index (χ3v) is 9.73. The molecule has 2 aromatic heterocycles. The van der Waals surface area contributed by atoms with Crippen molar-refractivity contribution in [1.82, 2.24) is 20.2 Å². The van der Waals surface area contributed by atoms with Gasteiger partial charge in [0.25, 0.3) is 0 Å². The SMILES string of the molecule is COc1ccc2c(OC3CC4C(=O)NC5(C(=O)O)CC5/C=C/CCCCCCC(=O)N4C3)cc(-c3csc(NC(C)C)n3)nc2c1. The Balaban J connectivity index is 1.30. The van der Waals surface area contributed by atoms with Crippen molar-refractivity contribution in [3.05, 3.63) is 41.8 Å². The Kier molecular flexibility index (Phi) is 9.17. The number of allylic oxidation sites excluding steroid dienone is 1. The van der Waals surface area contributed by atoms with Gasteiger partial charge in [0, 0.05) is 47.7 Å². The molecule has 4 atom stereocenters. The van der Waals surface area contributed by atoms with E-state index in [9.17, 15) is 19.5 Å². The van der Waals surface area contributed by atoms with Crippen LogP contribution in [0.4, 0.5) is 5.13 Å². The second kappa shape index (κ2) is 13.3. The monoisotopic (exact) mass is 647 g/mol. The van der Waals surface area contributed by atoms with Crippen molar-refractivity contribution in [2.24, 2.45) is 5.92 Å². The quantitative estimate of drug-likeness (QED) is 0.287. The van der Waals surface area contributed by atoms with Crippen molar-refractivity contribution in [2.45, 2.75) is 88.9 Å². The number of fused-ring (bicyclic) bond motifs is 3. The van der Waals surface area contributed by atoms with E-state index in [-0.39, 0.29) is 30.8 Å². The second-order valence-corrected chi connectivity index (χ2v) is 13.6. The first-order chi connectivity index (χ1) is 22.2. The molecule has 1 saturated heterocycles. The fourth-order valence-electron chi connectivity index (χ4n) is 6.39. The molecule has 3 aliphatic rings. The van der Waals surface area contributed by atoms with Gasteiger partial charge < -0.3 is 30.1 Å². The first-order valence-electron chi connectivity index (χ1n) is 16.1. The predicted octanol–water partition coefficient (Wildman–Crippen LogP) is 5.41. The summed E-state index contributed by atoms with van der Waals surface area (Å²) < 4.78 is 12.1. The van der Waals surface area contributed by atoms with E-state index < -0.39 is 29.6 Å². The van der Waals surface area contributed by atoms with E-state index >= 15 is 0 Å². The van der Waals surface area contributed by atoms with Gasteiger partial charge in [-0.3, -0.25) is 9.59 Å². The first-order valence-corrected chi connectivity index (χ1v) is 16.9. The van der Waals surface area contributed by atoms with Crippen LogP contribution in [0.3, 0.4) is 0 Å². The Labute approximate surface area is 272 Å². The van der Waals surface area contributed by atoms with E-state index in [4.69, 9.17) is 19.4 Å². The number of thiazole rings is 1. The molecule has 244 valence electrons. The van der Waals surface area contributed by atoms with Crippen molar-refractivity contribution in [2.75, 3.05) is 19.0 Å². The van der Waals surface area contributed by atoms with E-state index in [1.165, 1.54) is 11.3 Å². The molecule has 46 heavy (non-hydrogen) atoms. The van der Waals surface area contributed by atoms with Crippen molar-refractivity contribution >= 4 is 45.2 Å². The normalized spacial score (nSPS) is 26.0. The molecule has 11 nitrogen and oxygen atoms in total. The zero-order chi connectivity index (χ0) is 32.4. The lowest BCUT2D eigenvalue weighted by Crippen LogP contribution is -2.53. The van der Waals surface area contributed by atoms with E-state index in [0.717, 1.165) is 42.6 Å². The standard InChI is InChI=1S/C34H41N5O6S/c1-20(2)35-33-37-27(19-46-33)26-16-29(24-13-12-22(44-3)14-25(24)36-26)45-23-15-28-31(41)38-34(32(42)43)17-21(34)10-8-6-4-5-7-9-11-30(40)39(28)18-23/h8,10,12-14,16,19-21,23,28H,4-7,9,11,15,17-18H2,1-3H3,(H,35,37)(H,38,41)(H,42,43)/b10-8+. The maximum absolute atomic E-state index is 13.7. The molecule has 4 unspecified atom stereocenters. The first kappa shape index (κ1) is 31.8. The molecule has 12 heteroatoms. The van der Waals surface area contributed by atoms with Gasteiger partial charge in [0.05, 0.1) is 24.9 Å². The number of benzene rings is 1. The Bertz CT molecular complexity index is 1660. The summed E-state index contributed by atoms with van der Waals surface area (Å²) in [5.74, 6) is -0.679. The van der Waals surface area contributed by atoms with Crippen LogP contribution in [-0.4, -0.2) is 75.1 Å². The summed E-state index contributed by atoms with van der Waals surface area (Å²) in [6.07, 6.45) is 8.85. The Hall–Kier alpha value is -4.19. The fraction of sp³-hybridized carbons (Fsp3) is 0.500. The van der Waals surface area contributed by atoms with Crippen LogP contribution in [0, 0.1) is 5.92 Å². The van der Waals surface area contributed by atoms with Crippen LogP contribution in [0.15, 0.2) is 41.8 Å². The number of ether oxygens (including phenoxy) is 2. The number of amides is 2. The minimum absolute atomic E-state index is 0.117. The van der Waals surface area contributed by atoms with Crippen LogP contribution in [0.2, 0.25) is 0 Å². The largest absolute Gasteiger partial charge is 0.497 e. The van der Waals surface area contributed by atoms with Crippen LogP contribution in [0.25, 0.3) is 22.3 Å². The lowest BCUT2D eigenvalue weighted by Gasteiger charge is -2.25. The minimum atomic E-state index is -1.34. The number of aromatic nitrogens is 2. The predicted molar refractivity (Wildman–Crippen MR) is 176 cm³/mol. The molecule has 1 aliphatic carbocycles. The number of anilines is 1. The number of nitrogens with zero attached hydrogens (tertiary/aromatic N) is 3. The molecule has 6 rings (SSSR count). The second-order valence-electron chi connectivity index (χ2n) is 12.7. The molecule has 4 heterocycles. The van der Waals surface area contributed by atoms with Crippen molar-refractivity contribution in [1.29, 1.82) is 0 Å². The van der Waals surface area contributed by atoms with Crippen LogP contribution < -0.4 is 20.1 Å². The molecule has 3 N–H and O–H groups in total. The van der Waals surface area contributed by atoms with Crippen molar-refractivity contribution < 1.29 is 29.0 Å². The van der Waals surface area contributed by atoms with Crippen molar-refractivity contribution in [3.8, 4) is 22.9 Å². The lowest BCUT2D eigenvalue weighted by atomic mass is 10.1. The zero-order valence-corrected chi connectivity index (χ0v) is 27.3. The maximum Gasteiger partial charge on any atom is 0.330 e. The number of carbonyl (C=O) groups excluding carboxylic acids is 2. The van der Waals surface area contributed by atoms with Crippen LogP contribution in [0.5, 0.6) is 11.5 Å². The van der Waals surface area contributed by atoms with Crippen LogP contribution in [-0.2, 0) is 14.4 Å². The van der Waals surface area contributed by atoms with Gasteiger partial charge in [0.2, 0.25) is 11.8 Å². The van der Waals surface area contributed by atoms with E-state index in [1.807, 2.05) is 41.8 Å². The summed E-state index contributed by atoms with van der Waals surface area (Å²) >= 11 is 1.50. The highest BCUT2D eigenvalue weighted by atomic mass is 32.1. The van der Waals surface area contributed by atoms with Gasteiger partial charge in [-0.2, -0.15) is 0 Å². The smallest absolute Gasteiger partial charge is 0.330 e. The topological polar surface area (TPSA) is 143 Å². The molecular weight excluding hydrogens is 606 g/mol. The van der Waals surface area contributed by atoms with Gasteiger partial charge in [0.1, 0.15) is 34.9 Å². The molecule has 2 fully saturated rings. The molecule has 3 aromatic rings. The third-order valence-electron chi connectivity index (χ3n) is 8.96. The maximum atomic E-state index is 13.7. The number of methoxy groups -OCH3 is 1. The van der Waals surface area contributed by atoms with Crippen LogP contribution in [0.1, 0.15) is 65.2 Å².